The summed E-state index contributed by atoms with van der Waals surface area (Å²) < 4.78 is 0. The number of nitro benzene ring substituents is 1. The van der Waals surface area contributed by atoms with Gasteiger partial charge in [0.1, 0.15) is 0 Å². The average Bonchev–Trinajstić information content (AvgIpc) is 2.47. The van der Waals surface area contributed by atoms with Gasteiger partial charge in [-0.05, 0) is 38.3 Å². The lowest BCUT2D eigenvalue weighted by Crippen LogP contribution is -2.29. The van der Waals surface area contributed by atoms with E-state index in [1.807, 2.05) is 0 Å². The maximum Gasteiger partial charge on any atom is 0.331 e. The summed E-state index contributed by atoms with van der Waals surface area (Å²) in [4.78, 5) is 23.6. The number of piperidine rings is 1. The molecule has 1 heterocycles. The summed E-state index contributed by atoms with van der Waals surface area (Å²) in [5.74, 6) is -1.02. The molecular weight excluding hydrogens is 272 g/mol. The van der Waals surface area contributed by atoms with Crippen LogP contribution >= 0.6 is 0 Å². The molecule has 0 spiro atoms. The fourth-order valence-corrected chi connectivity index (χ4v) is 2.49. The highest BCUT2D eigenvalue weighted by molar-refractivity contribution is 5.92. The predicted molar refractivity (Wildman–Crippen MR) is 80.4 cm³/mol. The minimum absolute atomic E-state index is 0.0276. The molecule has 0 bridgehead atoms. The molecule has 0 amide bonds. The van der Waals surface area contributed by atoms with E-state index < -0.39 is 10.9 Å². The van der Waals surface area contributed by atoms with Crippen LogP contribution in [0.15, 0.2) is 23.8 Å². The zero-order valence-corrected chi connectivity index (χ0v) is 11.9. The molecule has 1 aliphatic heterocycles. The normalized spacial score (nSPS) is 15.9. The first-order valence-corrected chi connectivity index (χ1v) is 6.94. The lowest BCUT2D eigenvalue weighted by Gasteiger charge is -2.30. The molecule has 0 unspecified atom stereocenters. The van der Waals surface area contributed by atoms with Gasteiger partial charge in [-0.15, -0.1) is 0 Å². The van der Waals surface area contributed by atoms with Gasteiger partial charge in [0.2, 0.25) is 0 Å². The maximum atomic E-state index is 11.0. The number of hydrogen-bond acceptors (Lipinski definition) is 4. The highest BCUT2D eigenvalue weighted by Crippen LogP contribution is 2.29. The number of rotatable bonds is 4. The summed E-state index contributed by atoms with van der Waals surface area (Å²) in [7, 11) is 0. The number of non-ortho nitro benzene ring substituents is 1. The Balaban J connectivity index is 2.45. The first kappa shape index (κ1) is 15.0. The van der Waals surface area contributed by atoms with Crippen LogP contribution in [0.5, 0.6) is 0 Å². The summed E-state index contributed by atoms with van der Waals surface area (Å²) >= 11 is 0. The molecule has 0 saturated carbocycles. The molecule has 1 aromatic carbocycles. The van der Waals surface area contributed by atoms with E-state index >= 15 is 0 Å². The van der Waals surface area contributed by atoms with E-state index in [1.165, 1.54) is 31.6 Å². The third kappa shape index (κ3) is 3.59. The van der Waals surface area contributed by atoms with E-state index in [0.717, 1.165) is 31.6 Å². The zero-order chi connectivity index (χ0) is 15.4. The van der Waals surface area contributed by atoms with Gasteiger partial charge in [0.25, 0.3) is 5.69 Å². The summed E-state index contributed by atoms with van der Waals surface area (Å²) in [6, 6.07) is 4.62. The quantitative estimate of drug-likeness (QED) is 0.523. The van der Waals surface area contributed by atoms with Crippen molar-refractivity contribution in [1.29, 1.82) is 0 Å². The van der Waals surface area contributed by atoms with Gasteiger partial charge in [0.05, 0.1) is 4.92 Å². The van der Waals surface area contributed by atoms with E-state index in [-0.39, 0.29) is 11.3 Å². The number of carboxylic acid groups (broad SMARTS) is 1. The number of hydrogen-bond donors (Lipinski definition) is 1. The third-order valence-corrected chi connectivity index (χ3v) is 3.63. The molecule has 0 radical (unpaired) electrons. The van der Waals surface area contributed by atoms with Gasteiger partial charge in [-0.2, -0.15) is 0 Å². The van der Waals surface area contributed by atoms with Crippen molar-refractivity contribution in [2.24, 2.45) is 0 Å². The topological polar surface area (TPSA) is 83.7 Å². The van der Waals surface area contributed by atoms with Gasteiger partial charge in [0.15, 0.2) is 0 Å². The molecule has 1 aromatic rings. The van der Waals surface area contributed by atoms with Crippen LogP contribution in [-0.4, -0.2) is 29.1 Å². The van der Waals surface area contributed by atoms with Crippen molar-refractivity contribution < 1.29 is 14.8 Å². The van der Waals surface area contributed by atoms with Crippen molar-refractivity contribution >= 4 is 23.4 Å². The van der Waals surface area contributed by atoms with Crippen molar-refractivity contribution in [2.75, 3.05) is 18.0 Å². The molecule has 1 aliphatic rings. The smallest absolute Gasteiger partial charge is 0.331 e. The monoisotopic (exact) mass is 290 g/mol. The van der Waals surface area contributed by atoms with Gasteiger partial charge in [-0.3, -0.25) is 10.1 Å². The van der Waals surface area contributed by atoms with Gasteiger partial charge in [-0.1, -0.05) is 0 Å². The van der Waals surface area contributed by atoms with Gasteiger partial charge < -0.3 is 10.0 Å². The fourth-order valence-electron chi connectivity index (χ4n) is 2.49. The van der Waals surface area contributed by atoms with E-state index in [1.54, 1.807) is 6.07 Å². The van der Waals surface area contributed by atoms with Crippen LogP contribution < -0.4 is 4.90 Å². The Hall–Kier alpha value is -2.37. The molecular formula is C15H18N2O4. The maximum absolute atomic E-state index is 11.0. The van der Waals surface area contributed by atoms with E-state index in [9.17, 15) is 14.9 Å². The van der Waals surface area contributed by atoms with Crippen LogP contribution in [0.3, 0.4) is 0 Å². The largest absolute Gasteiger partial charge is 0.478 e. The number of carbonyl (C=O) groups is 1. The Labute approximate surface area is 122 Å². The summed E-state index contributed by atoms with van der Waals surface area (Å²) in [5.41, 5.74) is 1.58. The Bertz CT molecular complexity index is 589. The van der Waals surface area contributed by atoms with Crippen molar-refractivity contribution in [3.05, 3.63) is 39.4 Å². The highest BCUT2D eigenvalue weighted by Gasteiger charge is 2.17. The molecule has 0 atom stereocenters. The first-order valence-electron chi connectivity index (χ1n) is 6.94. The summed E-state index contributed by atoms with van der Waals surface area (Å²) in [6.45, 7) is 3.27. The standard InChI is InChI=1S/C15H18N2O4/c1-11(15(18)19)9-12-10-13(17(20)21)5-6-14(12)16-7-3-2-4-8-16/h5-6,9-10H,2-4,7-8H2,1H3,(H,18,19)/b11-9+. The van der Waals surface area contributed by atoms with Crippen LogP contribution in [-0.2, 0) is 4.79 Å². The highest BCUT2D eigenvalue weighted by atomic mass is 16.6. The number of nitrogens with zero attached hydrogens (tertiary/aromatic N) is 2. The number of benzene rings is 1. The molecule has 2 rings (SSSR count). The molecule has 0 aliphatic carbocycles. The molecule has 21 heavy (non-hydrogen) atoms. The Morgan fingerprint density at radius 2 is 2.00 bits per heavy atom. The number of aliphatic carboxylic acids is 1. The summed E-state index contributed by atoms with van der Waals surface area (Å²) in [5, 5.41) is 19.9. The molecule has 1 saturated heterocycles. The van der Waals surface area contributed by atoms with Crippen LogP contribution in [0.25, 0.3) is 6.08 Å². The first-order chi connectivity index (χ1) is 9.99. The van der Waals surface area contributed by atoms with Crippen molar-refractivity contribution in [2.45, 2.75) is 26.2 Å². The molecule has 1 N–H and O–H groups in total. The minimum atomic E-state index is -1.02. The van der Waals surface area contributed by atoms with Gasteiger partial charge >= 0.3 is 5.97 Å². The van der Waals surface area contributed by atoms with Crippen molar-refractivity contribution in [3.8, 4) is 0 Å². The lowest BCUT2D eigenvalue weighted by molar-refractivity contribution is -0.384. The fraction of sp³-hybridized carbons (Fsp3) is 0.400. The van der Waals surface area contributed by atoms with E-state index in [2.05, 4.69) is 4.90 Å². The molecule has 0 aromatic heterocycles. The van der Waals surface area contributed by atoms with Crippen molar-refractivity contribution in [3.63, 3.8) is 0 Å². The van der Waals surface area contributed by atoms with E-state index in [4.69, 9.17) is 5.11 Å². The molecule has 6 nitrogen and oxygen atoms in total. The third-order valence-electron chi connectivity index (χ3n) is 3.63. The SMILES string of the molecule is C/C(=C\c1cc([N+](=O)[O-])ccc1N1CCCCC1)C(=O)O. The minimum Gasteiger partial charge on any atom is -0.478 e. The van der Waals surface area contributed by atoms with E-state index in [0.29, 0.717) is 5.56 Å². The Morgan fingerprint density at radius 3 is 2.57 bits per heavy atom. The Morgan fingerprint density at radius 1 is 1.33 bits per heavy atom. The van der Waals surface area contributed by atoms with Gasteiger partial charge in [-0.25, -0.2) is 4.79 Å². The summed E-state index contributed by atoms with van der Waals surface area (Å²) in [6.07, 6.45) is 4.85. The average molecular weight is 290 g/mol. The second kappa shape index (κ2) is 6.39. The van der Waals surface area contributed by atoms with Crippen LogP contribution in [0.1, 0.15) is 31.7 Å². The molecule has 1 fully saturated rings. The molecule has 6 heteroatoms. The number of anilines is 1. The second-order valence-electron chi connectivity index (χ2n) is 5.18. The van der Waals surface area contributed by atoms with Crippen LogP contribution in [0.2, 0.25) is 0 Å². The lowest BCUT2D eigenvalue weighted by atomic mass is 10.0. The predicted octanol–water partition coefficient (Wildman–Crippen LogP) is 3.07. The van der Waals surface area contributed by atoms with Crippen molar-refractivity contribution in [1.82, 2.24) is 0 Å². The van der Waals surface area contributed by atoms with Crippen LogP contribution in [0.4, 0.5) is 11.4 Å². The number of nitro groups is 1. The van der Waals surface area contributed by atoms with Crippen LogP contribution in [0, 0.1) is 10.1 Å². The number of carboxylic acids is 1. The molecule has 112 valence electrons. The zero-order valence-electron chi connectivity index (χ0n) is 11.9. The van der Waals surface area contributed by atoms with Gasteiger partial charge in [0, 0.05) is 42.0 Å². The Kier molecular flexibility index (Phi) is 4.57. The second-order valence-corrected chi connectivity index (χ2v) is 5.18.